The van der Waals surface area contributed by atoms with Crippen molar-refractivity contribution in [3.8, 4) is 11.3 Å². The van der Waals surface area contributed by atoms with Crippen LogP contribution in [0.5, 0.6) is 0 Å². The number of fused-ring (bicyclic) bond motifs is 1. The molecular weight excluding hydrogens is 348 g/mol. The number of carbonyl (C=O) groups is 1. The molecule has 4 rings (SSSR count). The third-order valence-corrected chi connectivity index (χ3v) is 4.84. The van der Waals surface area contributed by atoms with Gasteiger partial charge in [-0.3, -0.25) is 4.68 Å². The summed E-state index contributed by atoms with van der Waals surface area (Å²) in [6.45, 7) is 4.57. The van der Waals surface area contributed by atoms with E-state index in [1.165, 1.54) is 0 Å². The molecule has 0 saturated carbocycles. The van der Waals surface area contributed by atoms with Gasteiger partial charge in [0.1, 0.15) is 0 Å². The number of aryl methyl sites for hydroxylation is 1. The van der Waals surface area contributed by atoms with Crippen LogP contribution in [-0.2, 0) is 11.3 Å². The van der Waals surface area contributed by atoms with E-state index in [0.29, 0.717) is 18.8 Å². The summed E-state index contributed by atoms with van der Waals surface area (Å²) in [4.78, 5) is 11.9. The lowest BCUT2D eigenvalue weighted by Crippen LogP contribution is -2.10. The molecule has 0 fully saturated rings. The summed E-state index contributed by atoms with van der Waals surface area (Å²) in [5.74, 6) is -0.397. The zero-order chi connectivity index (χ0) is 18.1. The van der Waals surface area contributed by atoms with E-state index in [2.05, 4.69) is 22.6 Å². The Morgan fingerprint density at radius 2 is 2.12 bits per heavy atom. The number of carbonyl (C=O) groups excluding carboxylic acids is 1. The van der Waals surface area contributed by atoms with Crippen LogP contribution >= 0.6 is 11.3 Å². The Bertz CT molecular complexity index is 1060. The van der Waals surface area contributed by atoms with Crippen molar-refractivity contribution >= 4 is 22.8 Å². The second-order valence-corrected chi connectivity index (χ2v) is 6.72. The number of hydrogen-bond acceptors (Lipinski definition) is 5. The Kier molecular flexibility index (Phi) is 4.30. The van der Waals surface area contributed by atoms with Crippen LogP contribution in [0, 0.1) is 6.92 Å². The molecule has 4 aromatic heterocycles. The van der Waals surface area contributed by atoms with Crippen molar-refractivity contribution in [2.24, 2.45) is 0 Å². The first-order valence-corrected chi connectivity index (χ1v) is 9.32. The molecule has 0 aromatic carbocycles. The van der Waals surface area contributed by atoms with Gasteiger partial charge in [-0.2, -0.15) is 21.5 Å². The molecular formula is C19H18N4O2S. The van der Waals surface area contributed by atoms with Crippen molar-refractivity contribution < 1.29 is 9.53 Å². The van der Waals surface area contributed by atoms with Crippen LogP contribution in [0.15, 0.2) is 47.2 Å². The molecule has 7 heteroatoms. The first kappa shape index (κ1) is 16.5. The van der Waals surface area contributed by atoms with Crippen molar-refractivity contribution in [3.63, 3.8) is 0 Å². The van der Waals surface area contributed by atoms with E-state index in [1.54, 1.807) is 29.0 Å². The molecule has 0 saturated heterocycles. The number of nitrogens with zero attached hydrogens (tertiary/aromatic N) is 4. The van der Waals surface area contributed by atoms with Crippen molar-refractivity contribution in [2.75, 3.05) is 6.61 Å². The number of thiophene rings is 1. The standard InChI is InChI=1S/C19H18N4O2S/c1-3-25-19(24)18-9-13(2)22(20-18)11-16-6-4-5-15-10-17(21-23(15)16)14-7-8-26-12-14/h4-10,12H,3,11H2,1-2H3. The van der Waals surface area contributed by atoms with Crippen molar-refractivity contribution in [1.29, 1.82) is 0 Å². The van der Waals surface area contributed by atoms with Gasteiger partial charge in [0.05, 0.1) is 30.1 Å². The minimum absolute atomic E-state index is 0.330. The van der Waals surface area contributed by atoms with E-state index in [-0.39, 0.29) is 0 Å². The Morgan fingerprint density at radius 3 is 2.88 bits per heavy atom. The molecule has 0 unspecified atom stereocenters. The van der Waals surface area contributed by atoms with Gasteiger partial charge in [-0.25, -0.2) is 9.31 Å². The van der Waals surface area contributed by atoms with Crippen LogP contribution in [-0.4, -0.2) is 32.0 Å². The summed E-state index contributed by atoms with van der Waals surface area (Å²) in [6, 6.07) is 11.9. The minimum atomic E-state index is -0.397. The lowest BCUT2D eigenvalue weighted by Gasteiger charge is -2.07. The average molecular weight is 366 g/mol. The van der Waals surface area contributed by atoms with Gasteiger partial charge >= 0.3 is 5.97 Å². The fraction of sp³-hybridized carbons (Fsp3) is 0.211. The number of esters is 1. The molecule has 0 aliphatic carbocycles. The second-order valence-electron chi connectivity index (χ2n) is 5.94. The number of rotatable bonds is 5. The predicted octanol–water partition coefficient (Wildman–Crippen LogP) is 3.79. The van der Waals surface area contributed by atoms with Gasteiger partial charge in [0.25, 0.3) is 0 Å². The first-order valence-electron chi connectivity index (χ1n) is 8.37. The number of hydrogen-bond donors (Lipinski definition) is 0. The third-order valence-electron chi connectivity index (χ3n) is 4.16. The van der Waals surface area contributed by atoms with Crippen molar-refractivity contribution in [2.45, 2.75) is 20.4 Å². The molecule has 6 nitrogen and oxygen atoms in total. The maximum Gasteiger partial charge on any atom is 0.358 e. The van der Waals surface area contributed by atoms with E-state index in [4.69, 9.17) is 9.84 Å². The van der Waals surface area contributed by atoms with Crippen LogP contribution in [0.25, 0.3) is 16.8 Å². The van der Waals surface area contributed by atoms with Gasteiger partial charge in [0.15, 0.2) is 5.69 Å². The topological polar surface area (TPSA) is 61.4 Å². The highest BCUT2D eigenvalue weighted by atomic mass is 32.1. The summed E-state index contributed by atoms with van der Waals surface area (Å²) in [6.07, 6.45) is 0. The van der Waals surface area contributed by atoms with Gasteiger partial charge in [0, 0.05) is 16.6 Å². The molecule has 0 bridgehead atoms. The molecule has 0 N–H and O–H groups in total. The highest BCUT2D eigenvalue weighted by Crippen LogP contribution is 2.23. The average Bonchev–Trinajstić information content (AvgIpc) is 3.35. The molecule has 0 aliphatic rings. The second kappa shape index (κ2) is 6.76. The molecule has 0 aliphatic heterocycles. The molecule has 4 aromatic rings. The van der Waals surface area contributed by atoms with Gasteiger partial charge < -0.3 is 4.74 Å². The predicted molar refractivity (Wildman–Crippen MR) is 101 cm³/mol. The maximum atomic E-state index is 11.9. The summed E-state index contributed by atoms with van der Waals surface area (Å²) < 4.78 is 8.76. The molecule has 132 valence electrons. The van der Waals surface area contributed by atoms with E-state index in [1.807, 2.05) is 35.0 Å². The van der Waals surface area contributed by atoms with Crippen LogP contribution in [0.1, 0.15) is 28.8 Å². The lowest BCUT2D eigenvalue weighted by molar-refractivity contribution is 0.0518. The Balaban J connectivity index is 1.68. The Labute approximate surface area is 154 Å². The fourth-order valence-electron chi connectivity index (χ4n) is 2.87. The van der Waals surface area contributed by atoms with E-state index < -0.39 is 5.97 Å². The fourth-order valence-corrected chi connectivity index (χ4v) is 3.52. The number of pyridine rings is 1. The monoisotopic (exact) mass is 366 g/mol. The molecule has 0 spiro atoms. The first-order chi connectivity index (χ1) is 12.7. The van der Waals surface area contributed by atoms with Crippen molar-refractivity contribution in [1.82, 2.24) is 19.4 Å². The number of aromatic nitrogens is 4. The van der Waals surface area contributed by atoms with Crippen LogP contribution < -0.4 is 0 Å². The van der Waals surface area contributed by atoms with Crippen molar-refractivity contribution in [3.05, 3.63) is 64.2 Å². The molecule has 4 heterocycles. The van der Waals surface area contributed by atoms with Crippen LogP contribution in [0.3, 0.4) is 0 Å². The smallest absolute Gasteiger partial charge is 0.358 e. The zero-order valence-electron chi connectivity index (χ0n) is 14.5. The molecule has 0 atom stereocenters. The normalized spacial score (nSPS) is 11.2. The lowest BCUT2D eigenvalue weighted by atomic mass is 10.2. The van der Waals surface area contributed by atoms with Gasteiger partial charge in [-0.1, -0.05) is 6.07 Å². The van der Waals surface area contributed by atoms with Crippen LogP contribution in [0.4, 0.5) is 0 Å². The number of ether oxygens (including phenoxy) is 1. The maximum absolute atomic E-state index is 11.9. The summed E-state index contributed by atoms with van der Waals surface area (Å²) in [5, 5.41) is 13.3. The van der Waals surface area contributed by atoms with Gasteiger partial charge in [-0.15, -0.1) is 0 Å². The largest absolute Gasteiger partial charge is 0.461 e. The Morgan fingerprint density at radius 1 is 1.23 bits per heavy atom. The van der Waals surface area contributed by atoms with E-state index in [0.717, 1.165) is 28.2 Å². The third kappa shape index (κ3) is 3.01. The quantitative estimate of drug-likeness (QED) is 0.504. The summed E-state index contributed by atoms with van der Waals surface area (Å²) in [5.41, 5.74) is 5.31. The van der Waals surface area contributed by atoms with E-state index >= 15 is 0 Å². The molecule has 26 heavy (non-hydrogen) atoms. The minimum Gasteiger partial charge on any atom is -0.461 e. The molecule has 0 radical (unpaired) electrons. The van der Waals surface area contributed by atoms with E-state index in [9.17, 15) is 4.79 Å². The van der Waals surface area contributed by atoms with Crippen LogP contribution in [0.2, 0.25) is 0 Å². The highest BCUT2D eigenvalue weighted by Gasteiger charge is 2.15. The Hall–Kier alpha value is -2.93. The van der Waals surface area contributed by atoms with Gasteiger partial charge in [-0.05, 0) is 49.6 Å². The SMILES string of the molecule is CCOC(=O)c1cc(C)n(Cc2cccc3cc(-c4ccsc4)nn23)n1. The highest BCUT2D eigenvalue weighted by molar-refractivity contribution is 7.08. The summed E-state index contributed by atoms with van der Waals surface area (Å²) in [7, 11) is 0. The zero-order valence-corrected chi connectivity index (χ0v) is 15.4. The summed E-state index contributed by atoms with van der Waals surface area (Å²) >= 11 is 1.66. The van der Waals surface area contributed by atoms with Gasteiger partial charge in [0.2, 0.25) is 0 Å². The molecule has 0 amide bonds.